The van der Waals surface area contributed by atoms with Gasteiger partial charge in [0, 0.05) is 0 Å². The molecule has 0 unspecified atom stereocenters. The van der Waals surface area contributed by atoms with Gasteiger partial charge in [0.15, 0.2) is 16.6 Å². The maximum atomic E-state index is 13.6. The lowest BCUT2D eigenvalue weighted by Gasteiger charge is -2.29. The molecule has 0 aliphatic carbocycles. The number of methoxy groups -OCH3 is 2. The van der Waals surface area contributed by atoms with Crippen molar-refractivity contribution in [3.8, 4) is 11.5 Å². The van der Waals surface area contributed by atoms with Crippen molar-refractivity contribution in [2.24, 2.45) is 0 Å². The van der Waals surface area contributed by atoms with E-state index in [1.165, 1.54) is 44.6 Å². The second-order valence-electron chi connectivity index (χ2n) is 5.68. The molecular weight excluding hydrogens is 407 g/mol. The lowest BCUT2D eigenvalue weighted by Crippen LogP contribution is -2.54. The molecule has 6 nitrogen and oxygen atoms in total. The molecule has 2 amide bonds. The van der Waals surface area contributed by atoms with Crippen LogP contribution in [0.4, 0.5) is 10.1 Å². The summed E-state index contributed by atoms with van der Waals surface area (Å²) >= 11 is 11.3. The first-order valence-corrected chi connectivity index (χ1v) is 8.73. The SMILES string of the molecule is COc1cc(/C=C2/C(=O)NC(=S)N(c3cccc(F)c3)C2=O)cc(Cl)c1OC. The summed E-state index contributed by atoms with van der Waals surface area (Å²) in [6, 6.07) is 8.42. The van der Waals surface area contributed by atoms with Crippen LogP contribution in [0, 0.1) is 5.82 Å². The summed E-state index contributed by atoms with van der Waals surface area (Å²) in [5.41, 5.74) is 0.445. The van der Waals surface area contributed by atoms with E-state index in [0.29, 0.717) is 17.1 Å². The second kappa shape index (κ2) is 7.95. The van der Waals surface area contributed by atoms with E-state index < -0.39 is 17.6 Å². The Morgan fingerprint density at radius 3 is 2.57 bits per heavy atom. The van der Waals surface area contributed by atoms with Crippen LogP contribution in [-0.4, -0.2) is 31.1 Å². The smallest absolute Gasteiger partial charge is 0.270 e. The number of ether oxygens (including phenoxy) is 2. The zero-order chi connectivity index (χ0) is 20.4. The number of rotatable bonds is 4. The number of thiocarbonyl (C=S) groups is 1. The van der Waals surface area contributed by atoms with E-state index in [9.17, 15) is 14.0 Å². The van der Waals surface area contributed by atoms with Crippen molar-refractivity contribution in [1.82, 2.24) is 5.32 Å². The summed E-state index contributed by atoms with van der Waals surface area (Å²) in [6.07, 6.45) is 1.35. The fourth-order valence-corrected chi connectivity index (χ4v) is 3.27. The summed E-state index contributed by atoms with van der Waals surface area (Å²) in [7, 11) is 2.88. The fourth-order valence-electron chi connectivity index (χ4n) is 2.70. The number of anilines is 1. The highest BCUT2D eigenvalue weighted by Gasteiger charge is 2.34. The Balaban J connectivity index is 2.06. The molecular formula is C19H14ClFN2O4S. The number of carbonyl (C=O) groups is 2. The molecule has 0 spiro atoms. The maximum Gasteiger partial charge on any atom is 0.270 e. The number of carbonyl (C=O) groups excluding carboxylic acids is 2. The average molecular weight is 421 g/mol. The monoisotopic (exact) mass is 420 g/mol. The van der Waals surface area contributed by atoms with Gasteiger partial charge >= 0.3 is 0 Å². The Bertz CT molecular complexity index is 1020. The van der Waals surface area contributed by atoms with Gasteiger partial charge in [-0.05, 0) is 54.2 Å². The third-order valence-electron chi connectivity index (χ3n) is 3.93. The van der Waals surface area contributed by atoms with Gasteiger partial charge in [-0.25, -0.2) is 4.39 Å². The predicted molar refractivity (Wildman–Crippen MR) is 107 cm³/mol. The molecule has 28 heavy (non-hydrogen) atoms. The molecule has 1 fully saturated rings. The van der Waals surface area contributed by atoms with Crippen molar-refractivity contribution in [2.75, 3.05) is 19.1 Å². The summed E-state index contributed by atoms with van der Waals surface area (Å²) in [4.78, 5) is 26.3. The molecule has 1 aliphatic rings. The first-order chi connectivity index (χ1) is 13.3. The number of hydrogen-bond acceptors (Lipinski definition) is 5. The van der Waals surface area contributed by atoms with Crippen molar-refractivity contribution in [2.45, 2.75) is 0 Å². The fraction of sp³-hybridized carbons (Fsp3) is 0.105. The van der Waals surface area contributed by atoms with Gasteiger partial charge in [-0.3, -0.25) is 19.8 Å². The molecule has 2 aromatic rings. The van der Waals surface area contributed by atoms with Gasteiger partial charge in [-0.15, -0.1) is 0 Å². The van der Waals surface area contributed by atoms with Crippen LogP contribution in [0.1, 0.15) is 5.56 Å². The van der Waals surface area contributed by atoms with E-state index in [2.05, 4.69) is 5.32 Å². The number of nitrogens with one attached hydrogen (secondary N) is 1. The molecule has 0 radical (unpaired) electrons. The van der Waals surface area contributed by atoms with E-state index in [0.717, 1.165) is 11.0 Å². The standard InChI is InChI=1S/C19H14ClFN2O4S/c1-26-15-8-10(7-14(20)16(15)27-2)6-13-17(24)22-19(28)23(18(13)25)12-5-3-4-11(21)9-12/h3-9H,1-2H3,(H,22,24,28)/b13-6-. The van der Waals surface area contributed by atoms with Crippen LogP contribution in [-0.2, 0) is 9.59 Å². The molecule has 3 rings (SSSR count). The van der Waals surface area contributed by atoms with Gasteiger partial charge in [0.05, 0.1) is 24.9 Å². The highest BCUT2D eigenvalue weighted by atomic mass is 35.5. The Labute approximate surface area is 170 Å². The van der Waals surface area contributed by atoms with E-state index in [4.69, 9.17) is 33.3 Å². The third kappa shape index (κ3) is 3.69. The Morgan fingerprint density at radius 2 is 1.93 bits per heavy atom. The molecule has 9 heteroatoms. The third-order valence-corrected chi connectivity index (χ3v) is 4.50. The van der Waals surface area contributed by atoms with Crippen molar-refractivity contribution in [3.05, 3.63) is 58.4 Å². The van der Waals surface area contributed by atoms with E-state index in [-0.39, 0.29) is 21.4 Å². The first kappa shape index (κ1) is 19.8. The van der Waals surface area contributed by atoms with Crippen molar-refractivity contribution < 1.29 is 23.5 Å². The summed E-state index contributed by atoms with van der Waals surface area (Å²) in [5, 5.41) is 2.54. The molecule has 144 valence electrons. The number of benzene rings is 2. The lowest BCUT2D eigenvalue weighted by molar-refractivity contribution is -0.122. The average Bonchev–Trinajstić information content (AvgIpc) is 2.64. The van der Waals surface area contributed by atoms with Crippen molar-refractivity contribution in [3.63, 3.8) is 0 Å². The Morgan fingerprint density at radius 1 is 1.18 bits per heavy atom. The predicted octanol–water partition coefficient (Wildman–Crippen LogP) is 3.33. The molecule has 1 N–H and O–H groups in total. The summed E-state index contributed by atoms with van der Waals surface area (Å²) in [6.45, 7) is 0. The van der Waals surface area contributed by atoms with E-state index in [1.54, 1.807) is 6.07 Å². The highest BCUT2D eigenvalue weighted by Crippen LogP contribution is 2.37. The molecule has 0 aromatic heterocycles. The minimum Gasteiger partial charge on any atom is -0.493 e. The zero-order valence-corrected chi connectivity index (χ0v) is 16.4. The van der Waals surface area contributed by atoms with Crippen LogP contribution in [0.3, 0.4) is 0 Å². The molecule has 0 saturated carbocycles. The normalized spacial score (nSPS) is 15.6. The molecule has 1 aliphatic heterocycles. The minimum absolute atomic E-state index is 0.136. The van der Waals surface area contributed by atoms with E-state index in [1.807, 2.05) is 0 Å². The first-order valence-electron chi connectivity index (χ1n) is 7.94. The molecule has 0 bridgehead atoms. The molecule has 1 saturated heterocycles. The van der Waals surface area contributed by atoms with Gasteiger partial charge < -0.3 is 9.47 Å². The second-order valence-corrected chi connectivity index (χ2v) is 6.47. The van der Waals surface area contributed by atoms with Crippen LogP contribution in [0.5, 0.6) is 11.5 Å². The highest BCUT2D eigenvalue weighted by molar-refractivity contribution is 7.80. The van der Waals surface area contributed by atoms with Crippen LogP contribution in [0.2, 0.25) is 5.02 Å². The largest absolute Gasteiger partial charge is 0.493 e. The van der Waals surface area contributed by atoms with Gasteiger partial charge in [-0.2, -0.15) is 0 Å². The zero-order valence-electron chi connectivity index (χ0n) is 14.8. The van der Waals surface area contributed by atoms with Crippen molar-refractivity contribution in [1.29, 1.82) is 0 Å². The number of halogens is 2. The van der Waals surface area contributed by atoms with E-state index >= 15 is 0 Å². The maximum absolute atomic E-state index is 13.6. The van der Waals surface area contributed by atoms with Crippen LogP contribution < -0.4 is 19.7 Å². The topological polar surface area (TPSA) is 67.9 Å². The number of hydrogen-bond donors (Lipinski definition) is 1. The summed E-state index contributed by atoms with van der Waals surface area (Å²) < 4.78 is 24.0. The van der Waals surface area contributed by atoms with Crippen LogP contribution >= 0.6 is 23.8 Å². The number of nitrogens with zero attached hydrogens (tertiary/aromatic N) is 1. The Hall–Kier alpha value is -2.97. The van der Waals surface area contributed by atoms with Gasteiger partial charge in [0.1, 0.15) is 11.4 Å². The summed E-state index contributed by atoms with van der Waals surface area (Å²) in [5.74, 6) is -1.24. The van der Waals surface area contributed by atoms with Crippen LogP contribution in [0.25, 0.3) is 6.08 Å². The van der Waals surface area contributed by atoms with Gasteiger partial charge in [0.25, 0.3) is 11.8 Å². The van der Waals surface area contributed by atoms with Gasteiger partial charge in [-0.1, -0.05) is 17.7 Å². The van der Waals surface area contributed by atoms with Crippen molar-refractivity contribution >= 4 is 52.5 Å². The van der Waals surface area contributed by atoms with Gasteiger partial charge in [0.2, 0.25) is 0 Å². The number of amides is 2. The molecule has 1 heterocycles. The lowest BCUT2D eigenvalue weighted by atomic mass is 10.1. The minimum atomic E-state index is -0.690. The quantitative estimate of drug-likeness (QED) is 0.467. The molecule has 2 aromatic carbocycles. The molecule has 0 atom stereocenters. The Kier molecular flexibility index (Phi) is 5.62. The van der Waals surface area contributed by atoms with Crippen LogP contribution in [0.15, 0.2) is 42.0 Å².